The molecule has 0 N–H and O–H groups in total. The fourth-order valence-electron chi connectivity index (χ4n) is 3.10. The van der Waals surface area contributed by atoms with Gasteiger partial charge in [0.15, 0.2) is 0 Å². The highest BCUT2D eigenvalue weighted by Crippen LogP contribution is 2.23. The summed E-state index contributed by atoms with van der Waals surface area (Å²) in [5.41, 5.74) is 0. The summed E-state index contributed by atoms with van der Waals surface area (Å²) in [5.74, 6) is -0.306. The number of morpholine rings is 1. The van der Waals surface area contributed by atoms with E-state index in [-0.39, 0.29) is 37.2 Å². The van der Waals surface area contributed by atoms with Gasteiger partial charge in [-0.15, -0.1) is 0 Å². The molecular formula is C14H22FN3O3. The van der Waals surface area contributed by atoms with Crippen molar-refractivity contribution in [2.75, 3.05) is 59.0 Å². The molecule has 2 amide bonds. The highest BCUT2D eigenvalue weighted by molar-refractivity contribution is 5.89. The van der Waals surface area contributed by atoms with Crippen molar-refractivity contribution in [2.24, 2.45) is 5.92 Å². The number of nitrogens with zero attached hydrogens (tertiary/aromatic N) is 3. The molecule has 3 aliphatic rings. The van der Waals surface area contributed by atoms with Gasteiger partial charge < -0.3 is 14.5 Å². The normalized spacial score (nSPS) is 28.0. The minimum atomic E-state index is -0.886. The molecule has 1 atom stereocenters. The van der Waals surface area contributed by atoms with Crippen LogP contribution in [0.1, 0.15) is 6.42 Å². The third-order valence-electron chi connectivity index (χ3n) is 4.50. The average molecular weight is 299 g/mol. The molecule has 0 aromatic rings. The Balaban J connectivity index is 1.44. The summed E-state index contributed by atoms with van der Waals surface area (Å²) in [6.45, 7) is 5.64. The van der Waals surface area contributed by atoms with E-state index in [2.05, 4.69) is 4.90 Å². The Labute approximate surface area is 123 Å². The minimum absolute atomic E-state index is 0.0407. The summed E-state index contributed by atoms with van der Waals surface area (Å²) in [7, 11) is 0. The predicted octanol–water partition coefficient (Wildman–Crippen LogP) is -0.653. The van der Waals surface area contributed by atoms with Crippen LogP contribution in [-0.4, -0.2) is 91.7 Å². The second-order valence-corrected chi connectivity index (χ2v) is 6.04. The Kier molecular flexibility index (Phi) is 4.40. The highest BCUT2D eigenvalue weighted by Gasteiger charge is 2.40. The molecule has 6 nitrogen and oxygen atoms in total. The first-order valence-electron chi connectivity index (χ1n) is 7.64. The summed E-state index contributed by atoms with van der Waals surface area (Å²) < 4.78 is 18.1. The van der Waals surface area contributed by atoms with Crippen LogP contribution in [0.15, 0.2) is 0 Å². The summed E-state index contributed by atoms with van der Waals surface area (Å²) in [6.07, 6.45) is -0.612. The maximum Gasteiger partial charge on any atom is 0.228 e. The van der Waals surface area contributed by atoms with Crippen LogP contribution in [0, 0.1) is 5.92 Å². The minimum Gasteiger partial charge on any atom is -0.379 e. The van der Waals surface area contributed by atoms with Gasteiger partial charge in [-0.1, -0.05) is 0 Å². The number of carbonyl (C=O) groups is 2. The molecule has 0 saturated carbocycles. The van der Waals surface area contributed by atoms with Crippen LogP contribution in [0.2, 0.25) is 0 Å². The molecule has 3 fully saturated rings. The fourth-order valence-corrected chi connectivity index (χ4v) is 3.10. The number of halogens is 1. The number of alkyl halides is 1. The second-order valence-electron chi connectivity index (χ2n) is 6.04. The largest absolute Gasteiger partial charge is 0.379 e. The van der Waals surface area contributed by atoms with Gasteiger partial charge in [0, 0.05) is 39.1 Å². The lowest BCUT2D eigenvalue weighted by atomic mass is 10.0. The SMILES string of the molecule is O=C1CC(C(=O)N2CC(F)C2)CN1CCN1CCOCC1. The first-order chi connectivity index (χ1) is 10.1. The van der Waals surface area contributed by atoms with Crippen LogP contribution in [-0.2, 0) is 14.3 Å². The van der Waals surface area contributed by atoms with Crippen LogP contribution in [0.4, 0.5) is 4.39 Å². The van der Waals surface area contributed by atoms with Gasteiger partial charge in [-0.2, -0.15) is 0 Å². The maximum atomic E-state index is 12.8. The Morgan fingerprint density at radius 1 is 1.19 bits per heavy atom. The Bertz CT molecular complexity index is 408. The number of rotatable bonds is 4. The third-order valence-corrected chi connectivity index (χ3v) is 4.50. The van der Waals surface area contributed by atoms with Gasteiger partial charge in [0.25, 0.3) is 0 Å². The monoisotopic (exact) mass is 299 g/mol. The van der Waals surface area contributed by atoms with Crippen molar-refractivity contribution in [1.29, 1.82) is 0 Å². The molecule has 3 aliphatic heterocycles. The van der Waals surface area contributed by atoms with Gasteiger partial charge in [-0.05, 0) is 0 Å². The van der Waals surface area contributed by atoms with Crippen LogP contribution in [0.5, 0.6) is 0 Å². The van der Waals surface area contributed by atoms with Gasteiger partial charge in [0.2, 0.25) is 11.8 Å². The van der Waals surface area contributed by atoms with Crippen molar-refractivity contribution in [3.8, 4) is 0 Å². The van der Waals surface area contributed by atoms with Crippen molar-refractivity contribution in [2.45, 2.75) is 12.6 Å². The zero-order chi connectivity index (χ0) is 14.8. The molecule has 21 heavy (non-hydrogen) atoms. The average Bonchev–Trinajstić information content (AvgIpc) is 2.83. The molecular weight excluding hydrogens is 277 g/mol. The first-order valence-corrected chi connectivity index (χ1v) is 7.64. The number of carbonyl (C=O) groups excluding carboxylic acids is 2. The third kappa shape index (κ3) is 3.35. The van der Waals surface area contributed by atoms with Crippen molar-refractivity contribution >= 4 is 11.8 Å². The number of amides is 2. The highest BCUT2D eigenvalue weighted by atomic mass is 19.1. The van der Waals surface area contributed by atoms with E-state index >= 15 is 0 Å². The molecule has 0 radical (unpaired) electrons. The van der Waals surface area contributed by atoms with Gasteiger partial charge in [0.1, 0.15) is 6.17 Å². The zero-order valence-corrected chi connectivity index (χ0v) is 12.2. The lowest BCUT2D eigenvalue weighted by Gasteiger charge is -2.36. The van der Waals surface area contributed by atoms with Gasteiger partial charge in [-0.3, -0.25) is 14.5 Å². The standard InChI is InChI=1S/C14H22FN3O3/c15-12-9-18(10-12)14(20)11-7-13(19)17(8-11)2-1-16-3-5-21-6-4-16/h11-12H,1-10H2. The van der Waals surface area contributed by atoms with E-state index in [0.29, 0.717) is 13.1 Å². The maximum absolute atomic E-state index is 12.8. The summed E-state index contributed by atoms with van der Waals surface area (Å²) in [5, 5.41) is 0. The summed E-state index contributed by atoms with van der Waals surface area (Å²) in [4.78, 5) is 29.7. The van der Waals surface area contributed by atoms with E-state index in [4.69, 9.17) is 4.74 Å². The lowest BCUT2D eigenvalue weighted by molar-refractivity contribution is -0.142. The fraction of sp³-hybridized carbons (Fsp3) is 0.857. The molecule has 3 heterocycles. The molecule has 1 unspecified atom stereocenters. The number of likely N-dealkylation sites (tertiary alicyclic amines) is 2. The number of hydrogen-bond acceptors (Lipinski definition) is 4. The van der Waals surface area contributed by atoms with Crippen molar-refractivity contribution in [3.05, 3.63) is 0 Å². The van der Waals surface area contributed by atoms with Crippen LogP contribution < -0.4 is 0 Å². The molecule has 0 aromatic heterocycles. The van der Waals surface area contributed by atoms with Crippen LogP contribution in [0.25, 0.3) is 0 Å². The Morgan fingerprint density at radius 3 is 2.57 bits per heavy atom. The molecule has 0 aliphatic carbocycles. The predicted molar refractivity (Wildman–Crippen MR) is 73.4 cm³/mol. The molecule has 118 valence electrons. The lowest BCUT2D eigenvalue weighted by Crippen LogP contribution is -2.53. The van der Waals surface area contributed by atoms with Gasteiger partial charge in [0.05, 0.1) is 32.2 Å². The zero-order valence-electron chi connectivity index (χ0n) is 12.2. The van der Waals surface area contributed by atoms with Gasteiger partial charge in [-0.25, -0.2) is 4.39 Å². The van der Waals surface area contributed by atoms with Crippen molar-refractivity contribution < 1.29 is 18.7 Å². The molecule has 0 spiro atoms. The summed E-state index contributed by atoms with van der Waals surface area (Å²) in [6, 6.07) is 0. The molecule has 3 rings (SSSR count). The van der Waals surface area contributed by atoms with Crippen LogP contribution >= 0.6 is 0 Å². The molecule has 3 saturated heterocycles. The van der Waals surface area contributed by atoms with Crippen molar-refractivity contribution in [3.63, 3.8) is 0 Å². The Hall–Kier alpha value is -1.21. The van der Waals surface area contributed by atoms with E-state index in [1.165, 1.54) is 4.90 Å². The van der Waals surface area contributed by atoms with E-state index in [9.17, 15) is 14.0 Å². The van der Waals surface area contributed by atoms with Gasteiger partial charge >= 0.3 is 0 Å². The van der Waals surface area contributed by atoms with E-state index in [1.807, 2.05) is 0 Å². The topological polar surface area (TPSA) is 53.1 Å². The second kappa shape index (κ2) is 6.27. The van der Waals surface area contributed by atoms with Crippen molar-refractivity contribution in [1.82, 2.24) is 14.7 Å². The van der Waals surface area contributed by atoms with E-state index < -0.39 is 6.17 Å². The smallest absolute Gasteiger partial charge is 0.228 e. The van der Waals surface area contributed by atoms with Crippen LogP contribution in [0.3, 0.4) is 0 Å². The molecule has 0 aromatic carbocycles. The number of ether oxygens (including phenoxy) is 1. The quantitative estimate of drug-likeness (QED) is 0.692. The van der Waals surface area contributed by atoms with E-state index in [0.717, 1.165) is 32.8 Å². The van der Waals surface area contributed by atoms with E-state index in [1.54, 1.807) is 4.90 Å². The first kappa shape index (κ1) is 14.7. The Morgan fingerprint density at radius 2 is 1.90 bits per heavy atom. The molecule has 7 heteroatoms. The number of hydrogen-bond donors (Lipinski definition) is 0. The summed E-state index contributed by atoms with van der Waals surface area (Å²) >= 11 is 0. The molecule has 0 bridgehead atoms.